The second-order valence-corrected chi connectivity index (χ2v) is 5.21. The van der Waals surface area contributed by atoms with E-state index in [9.17, 15) is 14.4 Å². The Kier molecular flexibility index (Phi) is 5.38. The lowest BCUT2D eigenvalue weighted by Crippen LogP contribution is -2.59. The van der Waals surface area contributed by atoms with E-state index in [0.29, 0.717) is 39.1 Å². The molecule has 2 aliphatic heterocycles. The Morgan fingerprint density at radius 3 is 2.67 bits per heavy atom. The van der Waals surface area contributed by atoms with Crippen LogP contribution in [0.4, 0.5) is 4.79 Å². The first kappa shape index (κ1) is 15.6. The molecule has 0 spiro atoms. The highest BCUT2D eigenvalue weighted by Gasteiger charge is 2.28. The number of hydrogen-bond acceptors (Lipinski definition) is 5. The van der Waals surface area contributed by atoms with E-state index >= 15 is 0 Å². The topological polar surface area (TPSA) is 99.8 Å². The molecule has 1 unspecified atom stereocenters. The van der Waals surface area contributed by atoms with Crippen molar-refractivity contribution >= 4 is 17.9 Å². The molecule has 1 atom stereocenters. The molecule has 0 radical (unpaired) electrons. The predicted octanol–water partition coefficient (Wildman–Crippen LogP) is -1.19. The number of carbonyl (C=O) groups is 3. The summed E-state index contributed by atoms with van der Waals surface area (Å²) in [5, 5.41) is 8.51. The normalized spacial score (nSPS) is 23.4. The average Bonchev–Trinajstić information content (AvgIpc) is 2.49. The van der Waals surface area contributed by atoms with Crippen molar-refractivity contribution in [1.82, 2.24) is 20.9 Å². The van der Waals surface area contributed by atoms with Gasteiger partial charge in [0, 0.05) is 25.7 Å². The van der Waals surface area contributed by atoms with Crippen LogP contribution in [0.2, 0.25) is 0 Å². The first-order valence-electron chi connectivity index (χ1n) is 7.32. The van der Waals surface area contributed by atoms with Gasteiger partial charge in [-0.1, -0.05) is 0 Å². The number of nitrogens with zero attached hydrogens (tertiary/aromatic N) is 1. The Labute approximate surface area is 123 Å². The van der Waals surface area contributed by atoms with E-state index in [-0.39, 0.29) is 36.5 Å². The molecule has 0 aromatic carbocycles. The van der Waals surface area contributed by atoms with Gasteiger partial charge in [0.1, 0.15) is 6.04 Å². The zero-order valence-electron chi connectivity index (χ0n) is 12.2. The van der Waals surface area contributed by atoms with Gasteiger partial charge in [-0.25, -0.2) is 4.79 Å². The molecular weight excluding hydrogens is 276 g/mol. The molecule has 0 aliphatic carbocycles. The molecule has 21 heavy (non-hydrogen) atoms. The molecule has 8 heteroatoms. The van der Waals surface area contributed by atoms with Crippen LogP contribution in [-0.4, -0.2) is 67.7 Å². The Hall–Kier alpha value is -1.83. The van der Waals surface area contributed by atoms with Gasteiger partial charge in [-0.05, 0) is 19.8 Å². The summed E-state index contributed by atoms with van der Waals surface area (Å²) < 4.78 is 4.95. The smallest absolute Gasteiger partial charge is 0.409 e. The molecule has 0 saturated carbocycles. The van der Waals surface area contributed by atoms with Crippen LogP contribution in [0.15, 0.2) is 0 Å². The Bertz CT molecular complexity index is 397. The summed E-state index contributed by atoms with van der Waals surface area (Å²) in [5.74, 6) is -0.202. The molecule has 8 nitrogen and oxygen atoms in total. The maximum absolute atomic E-state index is 12.1. The summed E-state index contributed by atoms with van der Waals surface area (Å²) in [6, 6.07) is -0.326. The van der Waals surface area contributed by atoms with E-state index in [4.69, 9.17) is 4.74 Å². The van der Waals surface area contributed by atoms with Crippen molar-refractivity contribution in [3.63, 3.8) is 0 Å². The van der Waals surface area contributed by atoms with E-state index in [0.717, 1.165) is 0 Å². The predicted molar refractivity (Wildman–Crippen MR) is 74.6 cm³/mol. The third kappa shape index (κ3) is 4.32. The molecule has 118 valence electrons. The first-order chi connectivity index (χ1) is 10.1. The van der Waals surface area contributed by atoms with Crippen LogP contribution in [0.3, 0.4) is 0 Å². The van der Waals surface area contributed by atoms with Crippen molar-refractivity contribution in [2.75, 3.05) is 32.8 Å². The van der Waals surface area contributed by atoms with Gasteiger partial charge < -0.3 is 20.3 Å². The Morgan fingerprint density at radius 2 is 2.10 bits per heavy atom. The molecule has 0 aromatic heterocycles. The summed E-state index contributed by atoms with van der Waals surface area (Å²) in [5.41, 5.74) is 0. The number of nitrogens with one attached hydrogen (secondary N) is 3. The number of likely N-dealkylation sites (tertiary alicyclic amines) is 1. The molecule has 0 bridgehead atoms. The van der Waals surface area contributed by atoms with E-state index in [1.807, 2.05) is 0 Å². The van der Waals surface area contributed by atoms with Crippen LogP contribution in [-0.2, 0) is 14.3 Å². The maximum Gasteiger partial charge on any atom is 0.409 e. The largest absolute Gasteiger partial charge is 0.450 e. The van der Waals surface area contributed by atoms with Crippen molar-refractivity contribution in [2.45, 2.75) is 31.8 Å². The van der Waals surface area contributed by atoms with Gasteiger partial charge >= 0.3 is 6.09 Å². The number of carbonyl (C=O) groups excluding carboxylic acids is 3. The van der Waals surface area contributed by atoms with Crippen molar-refractivity contribution in [2.24, 2.45) is 0 Å². The van der Waals surface area contributed by atoms with Crippen molar-refractivity contribution in [3.05, 3.63) is 0 Å². The van der Waals surface area contributed by atoms with Gasteiger partial charge in [0.2, 0.25) is 11.8 Å². The highest BCUT2D eigenvalue weighted by molar-refractivity contribution is 5.86. The number of ether oxygens (including phenoxy) is 1. The molecule has 2 aliphatic rings. The van der Waals surface area contributed by atoms with Gasteiger partial charge in [-0.3, -0.25) is 14.9 Å². The highest BCUT2D eigenvalue weighted by atomic mass is 16.6. The second kappa shape index (κ2) is 7.26. The van der Waals surface area contributed by atoms with Crippen molar-refractivity contribution in [1.29, 1.82) is 0 Å². The lowest BCUT2D eigenvalue weighted by atomic mass is 10.0. The number of amides is 3. The number of rotatable bonds is 3. The van der Waals surface area contributed by atoms with Gasteiger partial charge in [-0.2, -0.15) is 0 Å². The number of piperidine rings is 1. The van der Waals surface area contributed by atoms with Gasteiger partial charge in [0.05, 0.1) is 13.2 Å². The van der Waals surface area contributed by atoms with Crippen molar-refractivity contribution in [3.8, 4) is 0 Å². The zero-order chi connectivity index (χ0) is 15.2. The summed E-state index contributed by atoms with van der Waals surface area (Å²) in [6.07, 6.45) is 1.13. The number of piperazine rings is 1. The summed E-state index contributed by atoms with van der Waals surface area (Å²) in [4.78, 5) is 36.3. The fourth-order valence-electron chi connectivity index (χ4n) is 2.47. The fraction of sp³-hybridized carbons (Fsp3) is 0.769. The molecule has 2 rings (SSSR count). The molecule has 2 fully saturated rings. The third-order valence-electron chi connectivity index (χ3n) is 3.70. The fourth-order valence-corrected chi connectivity index (χ4v) is 2.47. The molecule has 3 amide bonds. The van der Waals surface area contributed by atoms with Crippen LogP contribution < -0.4 is 16.0 Å². The highest BCUT2D eigenvalue weighted by Crippen LogP contribution is 2.11. The molecule has 2 saturated heterocycles. The van der Waals surface area contributed by atoms with E-state index in [1.54, 1.807) is 11.8 Å². The Balaban J connectivity index is 1.72. The van der Waals surface area contributed by atoms with Crippen LogP contribution in [0.25, 0.3) is 0 Å². The average molecular weight is 298 g/mol. The quantitative estimate of drug-likeness (QED) is 0.608. The molecular formula is C13H22N4O4. The number of hydrogen-bond donors (Lipinski definition) is 3. The minimum atomic E-state index is -0.384. The third-order valence-corrected chi connectivity index (χ3v) is 3.70. The van der Waals surface area contributed by atoms with Gasteiger partial charge in [0.25, 0.3) is 0 Å². The lowest BCUT2D eigenvalue weighted by Gasteiger charge is -2.33. The monoisotopic (exact) mass is 298 g/mol. The lowest BCUT2D eigenvalue weighted by molar-refractivity contribution is -0.127. The minimum Gasteiger partial charge on any atom is -0.450 e. The van der Waals surface area contributed by atoms with E-state index in [1.165, 1.54) is 0 Å². The van der Waals surface area contributed by atoms with Crippen LogP contribution in [0.5, 0.6) is 0 Å². The molecule has 0 aromatic rings. The first-order valence-corrected chi connectivity index (χ1v) is 7.32. The van der Waals surface area contributed by atoms with Crippen LogP contribution >= 0.6 is 0 Å². The maximum atomic E-state index is 12.1. The standard InChI is InChI=1S/C13H22N4O4/c1-2-21-13(20)17-5-3-9(4-6-17)16-12(19)10-7-15-11(18)8-14-10/h9-10,14H,2-8H2,1H3,(H,15,18)(H,16,19). The molecule has 3 N–H and O–H groups in total. The van der Waals surface area contributed by atoms with E-state index < -0.39 is 0 Å². The van der Waals surface area contributed by atoms with Crippen molar-refractivity contribution < 1.29 is 19.1 Å². The van der Waals surface area contributed by atoms with Crippen LogP contribution in [0, 0.1) is 0 Å². The second-order valence-electron chi connectivity index (χ2n) is 5.21. The summed E-state index contributed by atoms with van der Waals surface area (Å²) >= 11 is 0. The minimum absolute atomic E-state index is 0.0580. The molecule has 2 heterocycles. The summed E-state index contributed by atoms with van der Waals surface area (Å²) in [6.45, 7) is 3.79. The van der Waals surface area contributed by atoms with Gasteiger partial charge in [0.15, 0.2) is 0 Å². The summed E-state index contributed by atoms with van der Waals surface area (Å²) in [7, 11) is 0. The van der Waals surface area contributed by atoms with Gasteiger partial charge in [-0.15, -0.1) is 0 Å². The zero-order valence-corrected chi connectivity index (χ0v) is 12.2. The van der Waals surface area contributed by atoms with Crippen LogP contribution in [0.1, 0.15) is 19.8 Å². The Morgan fingerprint density at radius 1 is 1.38 bits per heavy atom. The van der Waals surface area contributed by atoms with E-state index in [2.05, 4.69) is 16.0 Å². The SMILES string of the molecule is CCOC(=O)N1CCC(NC(=O)C2CNC(=O)CN2)CC1.